The topological polar surface area (TPSA) is 43.1 Å². The first kappa shape index (κ1) is 14.6. The minimum absolute atomic E-state index is 0.0287. The van der Waals surface area contributed by atoms with Crippen LogP contribution in [0, 0.1) is 17.3 Å². The molecular weight excluding hydrogens is 186 g/mol. The van der Waals surface area contributed by atoms with Crippen molar-refractivity contribution in [2.24, 2.45) is 23.0 Å². The summed E-state index contributed by atoms with van der Waals surface area (Å²) in [7, 11) is 0. The quantitative estimate of drug-likeness (QED) is 0.737. The molecule has 2 N–H and O–H groups in total. The molecule has 2 atom stereocenters. The number of rotatable bonds is 6. The van der Waals surface area contributed by atoms with Crippen LogP contribution in [0.25, 0.3) is 0 Å². The lowest BCUT2D eigenvalue weighted by molar-refractivity contribution is -0.132. The second kappa shape index (κ2) is 5.64. The number of ketones is 1. The molecule has 0 spiro atoms. The summed E-state index contributed by atoms with van der Waals surface area (Å²) in [6.07, 6.45) is 1.81. The monoisotopic (exact) mass is 213 g/mol. The lowest BCUT2D eigenvalue weighted by Gasteiger charge is -2.33. The van der Waals surface area contributed by atoms with Gasteiger partial charge >= 0.3 is 0 Å². The third kappa shape index (κ3) is 3.94. The maximum Gasteiger partial charge on any atom is 0.142 e. The summed E-state index contributed by atoms with van der Waals surface area (Å²) in [5.74, 6) is 0.973. The van der Waals surface area contributed by atoms with Gasteiger partial charge in [0.25, 0.3) is 0 Å². The van der Waals surface area contributed by atoms with Crippen molar-refractivity contribution in [2.75, 3.05) is 0 Å². The molecule has 15 heavy (non-hydrogen) atoms. The number of carbonyl (C=O) groups is 1. The van der Waals surface area contributed by atoms with Crippen LogP contribution in [-0.4, -0.2) is 11.8 Å². The zero-order chi connectivity index (χ0) is 12.2. The lowest BCUT2D eigenvalue weighted by atomic mass is 9.73. The molecule has 2 heteroatoms. The Kier molecular flexibility index (Phi) is 5.50. The van der Waals surface area contributed by atoms with E-state index in [2.05, 4.69) is 13.8 Å². The van der Waals surface area contributed by atoms with E-state index >= 15 is 0 Å². The number of nitrogens with two attached hydrogens (primary N) is 1. The molecule has 0 aromatic carbocycles. The summed E-state index contributed by atoms with van der Waals surface area (Å²) in [6, 6.07) is -0.0287. The van der Waals surface area contributed by atoms with Crippen LogP contribution in [-0.2, 0) is 4.79 Å². The van der Waals surface area contributed by atoms with Gasteiger partial charge in [-0.25, -0.2) is 0 Å². The van der Waals surface area contributed by atoms with Gasteiger partial charge in [0, 0.05) is 17.4 Å². The van der Waals surface area contributed by atoms with E-state index in [1.165, 1.54) is 0 Å². The zero-order valence-corrected chi connectivity index (χ0v) is 11.1. The molecule has 0 aromatic heterocycles. The van der Waals surface area contributed by atoms with Gasteiger partial charge in [-0.1, -0.05) is 41.5 Å². The molecule has 0 heterocycles. The van der Waals surface area contributed by atoms with Gasteiger partial charge in [0.2, 0.25) is 0 Å². The van der Waals surface area contributed by atoms with E-state index in [1.807, 2.05) is 27.7 Å². The smallest absolute Gasteiger partial charge is 0.142 e. The Balaban J connectivity index is 4.57. The van der Waals surface area contributed by atoms with Crippen molar-refractivity contribution in [1.82, 2.24) is 0 Å². The van der Waals surface area contributed by atoms with E-state index < -0.39 is 0 Å². The fourth-order valence-corrected chi connectivity index (χ4v) is 1.81. The van der Waals surface area contributed by atoms with Crippen molar-refractivity contribution in [3.63, 3.8) is 0 Å². The Labute approximate surface area is 94.6 Å². The zero-order valence-electron chi connectivity index (χ0n) is 11.1. The van der Waals surface area contributed by atoms with E-state index in [0.717, 1.165) is 12.8 Å². The number of carbonyl (C=O) groups excluding carboxylic acids is 1. The van der Waals surface area contributed by atoms with Gasteiger partial charge in [-0.05, 0) is 18.8 Å². The predicted octanol–water partition coefficient (Wildman–Crippen LogP) is 3.00. The summed E-state index contributed by atoms with van der Waals surface area (Å²) in [5.41, 5.74) is 5.74. The predicted molar refractivity (Wildman–Crippen MR) is 65.7 cm³/mol. The Morgan fingerprint density at radius 3 is 2.07 bits per heavy atom. The summed E-state index contributed by atoms with van der Waals surface area (Å²) in [5, 5.41) is 0. The molecule has 0 aliphatic rings. The van der Waals surface area contributed by atoms with Gasteiger partial charge in [0.15, 0.2) is 0 Å². The van der Waals surface area contributed by atoms with E-state index in [9.17, 15) is 4.79 Å². The van der Waals surface area contributed by atoms with Crippen molar-refractivity contribution in [1.29, 1.82) is 0 Å². The van der Waals surface area contributed by atoms with Crippen LogP contribution in [0.2, 0.25) is 0 Å². The molecule has 2 unspecified atom stereocenters. The molecule has 2 nitrogen and oxygen atoms in total. The van der Waals surface area contributed by atoms with Crippen LogP contribution >= 0.6 is 0 Å². The van der Waals surface area contributed by atoms with Crippen LogP contribution in [0.1, 0.15) is 54.4 Å². The summed E-state index contributed by atoms with van der Waals surface area (Å²) < 4.78 is 0. The maximum atomic E-state index is 12.1. The van der Waals surface area contributed by atoms with Crippen LogP contribution in [0.15, 0.2) is 0 Å². The minimum atomic E-state index is -0.389. The Morgan fingerprint density at radius 1 is 1.27 bits per heavy atom. The van der Waals surface area contributed by atoms with Crippen LogP contribution < -0.4 is 5.73 Å². The highest BCUT2D eigenvalue weighted by molar-refractivity contribution is 5.86. The lowest BCUT2D eigenvalue weighted by Crippen LogP contribution is -2.46. The van der Waals surface area contributed by atoms with Gasteiger partial charge in [0.1, 0.15) is 5.78 Å². The first-order chi connectivity index (χ1) is 6.73. The second-order valence-corrected chi connectivity index (χ2v) is 5.63. The van der Waals surface area contributed by atoms with E-state index in [-0.39, 0.29) is 17.4 Å². The van der Waals surface area contributed by atoms with Crippen molar-refractivity contribution in [2.45, 2.75) is 60.4 Å². The van der Waals surface area contributed by atoms with Crippen LogP contribution in [0.4, 0.5) is 0 Å². The molecule has 0 aliphatic carbocycles. The van der Waals surface area contributed by atoms with Gasteiger partial charge in [-0.3, -0.25) is 4.79 Å². The van der Waals surface area contributed by atoms with Crippen molar-refractivity contribution in [3.05, 3.63) is 0 Å². The maximum absolute atomic E-state index is 12.1. The fraction of sp³-hybridized carbons (Fsp3) is 0.923. The molecule has 0 radical (unpaired) electrons. The standard InChI is InChI=1S/C13H27NO/c1-7-10(4)12(15)13(5,6)11(14)8-9(2)3/h9-11H,7-8,14H2,1-6H3. The number of Topliss-reactive ketones (excluding diaryl/α,β-unsaturated/α-hetero) is 1. The third-order valence-electron chi connectivity index (χ3n) is 3.35. The normalized spacial score (nSPS) is 16.5. The molecule has 0 bridgehead atoms. The van der Waals surface area contributed by atoms with Crippen molar-refractivity contribution in [3.8, 4) is 0 Å². The first-order valence-electron chi connectivity index (χ1n) is 6.03. The van der Waals surface area contributed by atoms with Gasteiger partial charge in [-0.2, -0.15) is 0 Å². The number of hydrogen-bond donors (Lipinski definition) is 1. The first-order valence-corrected chi connectivity index (χ1v) is 6.03. The molecule has 90 valence electrons. The molecule has 0 saturated heterocycles. The average Bonchev–Trinajstić information content (AvgIpc) is 2.14. The molecule has 0 amide bonds. The fourth-order valence-electron chi connectivity index (χ4n) is 1.81. The van der Waals surface area contributed by atoms with Gasteiger partial charge in [0.05, 0.1) is 0 Å². The Hall–Kier alpha value is -0.370. The van der Waals surface area contributed by atoms with E-state index in [4.69, 9.17) is 5.73 Å². The average molecular weight is 213 g/mol. The summed E-state index contributed by atoms with van der Waals surface area (Å²) in [4.78, 5) is 12.1. The van der Waals surface area contributed by atoms with Crippen molar-refractivity contribution < 1.29 is 4.79 Å². The highest BCUT2D eigenvalue weighted by Crippen LogP contribution is 2.29. The Morgan fingerprint density at radius 2 is 1.73 bits per heavy atom. The molecule has 0 saturated carbocycles. The van der Waals surface area contributed by atoms with Crippen molar-refractivity contribution >= 4 is 5.78 Å². The van der Waals surface area contributed by atoms with E-state index in [0.29, 0.717) is 11.7 Å². The van der Waals surface area contributed by atoms with Gasteiger partial charge < -0.3 is 5.73 Å². The molecule has 0 aliphatic heterocycles. The largest absolute Gasteiger partial charge is 0.327 e. The third-order valence-corrected chi connectivity index (χ3v) is 3.35. The SMILES string of the molecule is CCC(C)C(=O)C(C)(C)C(N)CC(C)C. The molecule has 0 fully saturated rings. The van der Waals surface area contributed by atoms with Gasteiger partial charge in [-0.15, -0.1) is 0 Å². The summed E-state index contributed by atoms with van der Waals surface area (Å²) >= 11 is 0. The molecule has 0 rings (SSSR count). The highest BCUT2D eigenvalue weighted by atomic mass is 16.1. The van der Waals surface area contributed by atoms with Crippen LogP contribution in [0.3, 0.4) is 0 Å². The summed E-state index contributed by atoms with van der Waals surface area (Å²) in [6.45, 7) is 12.3. The Bertz CT molecular complexity index is 209. The molecule has 0 aromatic rings. The molecular formula is C13H27NO. The minimum Gasteiger partial charge on any atom is -0.327 e. The highest BCUT2D eigenvalue weighted by Gasteiger charge is 2.36. The number of hydrogen-bond acceptors (Lipinski definition) is 2. The van der Waals surface area contributed by atoms with Crippen LogP contribution in [0.5, 0.6) is 0 Å². The van der Waals surface area contributed by atoms with E-state index in [1.54, 1.807) is 0 Å². The second-order valence-electron chi connectivity index (χ2n) is 5.63.